The van der Waals surface area contributed by atoms with E-state index in [1.165, 1.54) is 31.4 Å². The molecule has 3 aromatic rings. The average molecular weight is 443 g/mol. The zero-order chi connectivity index (χ0) is 20.5. The van der Waals surface area contributed by atoms with Gasteiger partial charge in [-0.15, -0.1) is 0 Å². The number of rotatable bonds is 7. The first kappa shape index (κ1) is 20.4. The number of nitrogens with zero attached hydrogens (tertiary/aromatic N) is 2. The Labute approximate surface area is 171 Å². The fourth-order valence-corrected chi connectivity index (χ4v) is 5.11. The number of carboxylic acids is 1. The van der Waals surface area contributed by atoms with Gasteiger partial charge >= 0.3 is 5.97 Å². The molecule has 0 fully saturated rings. The molecule has 0 saturated heterocycles. The Kier molecular flexibility index (Phi) is 5.83. The third kappa shape index (κ3) is 3.94. The highest BCUT2D eigenvalue weighted by Crippen LogP contribution is 2.32. The molecular formula is C18H16Cl2N2O5S. The number of halogens is 2. The molecular weight excluding hydrogens is 427 g/mol. The van der Waals surface area contributed by atoms with Crippen LogP contribution >= 0.6 is 23.2 Å². The van der Waals surface area contributed by atoms with Crippen molar-refractivity contribution >= 4 is 50.2 Å². The Morgan fingerprint density at radius 3 is 2.61 bits per heavy atom. The van der Waals surface area contributed by atoms with Gasteiger partial charge in [-0.2, -0.15) is 0 Å². The van der Waals surface area contributed by atoms with Gasteiger partial charge < -0.3 is 9.84 Å². The zero-order valence-corrected chi connectivity index (χ0v) is 17.1. The van der Waals surface area contributed by atoms with Crippen molar-refractivity contribution in [2.75, 3.05) is 7.11 Å². The van der Waals surface area contributed by atoms with Crippen LogP contribution in [0, 0.1) is 0 Å². The number of hydrogen-bond donors (Lipinski definition) is 1. The van der Waals surface area contributed by atoms with Crippen molar-refractivity contribution < 1.29 is 23.1 Å². The fraction of sp³-hybridized carbons (Fsp3) is 0.222. The molecule has 0 aliphatic rings. The van der Waals surface area contributed by atoms with Gasteiger partial charge in [-0.3, -0.25) is 4.79 Å². The smallest absolute Gasteiger partial charge is 0.303 e. The molecule has 0 bridgehead atoms. The van der Waals surface area contributed by atoms with Crippen LogP contribution in [0.25, 0.3) is 11.0 Å². The molecule has 0 amide bonds. The van der Waals surface area contributed by atoms with Crippen molar-refractivity contribution in [2.45, 2.75) is 24.2 Å². The summed E-state index contributed by atoms with van der Waals surface area (Å²) in [6.45, 7) is 0. The predicted molar refractivity (Wildman–Crippen MR) is 106 cm³/mol. The monoisotopic (exact) mass is 442 g/mol. The van der Waals surface area contributed by atoms with Crippen molar-refractivity contribution in [2.24, 2.45) is 0 Å². The third-order valence-electron chi connectivity index (χ3n) is 4.13. The van der Waals surface area contributed by atoms with Gasteiger partial charge in [0.2, 0.25) is 0 Å². The van der Waals surface area contributed by atoms with Crippen molar-refractivity contribution in [3.63, 3.8) is 0 Å². The third-order valence-corrected chi connectivity index (χ3v) is 6.59. The van der Waals surface area contributed by atoms with Gasteiger partial charge in [-0.05, 0) is 43.2 Å². The molecule has 0 atom stereocenters. The quantitative estimate of drug-likeness (QED) is 0.555. The van der Waals surface area contributed by atoms with E-state index in [2.05, 4.69) is 4.98 Å². The second-order valence-electron chi connectivity index (χ2n) is 5.99. The molecule has 148 valence electrons. The first-order valence-corrected chi connectivity index (χ1v) is 10.4. The maximum absolute atomic E-state index is 13.4. The van der Waals surface area contributed by atoms with Crippen molar-refractivity contribution in [3.8, 4) is 5.75 Å². The van der Waals surface area contributed by atoms with Gasteiger partial charge in [0.1, 0.15) is 15.8 Å². The summed E-state index contributed by atoms with van der Waals surface area (Å²) in [7, 11) is -2.62. The van der Waals surface area contributed by atoms with E-state index >= 15 is 0 Å². The normalized spacial score (nSPS) is 11.7. The molecule has 0 spiro atoms. The lowest BCUT2D eigenvalue weighted by Gasteiger charge is -2.13. The van der Waals surface area contributed by atoms with Gasteiger partial charge in [0.25, 0.3) is 10.0 Å². The van der Waals surface area contributed by atoms with Crippen LogP contribution in [0.1, 0.15) is 18.5 Å². The Morgan fingerprint density at radius 2 is 1.96 bits per heavy atom. The maximum Gasteiger partial charge on any atom is 0.303 e. The number of hydrogen-bond acceptors (Lipinski definition) is 5. The van der Waals surface area contributed by atoms with Crippen LogP contribution in [0.15, 0.2) is 41.3 Å². The zero-order valence-electron chi connectivity index (χ0n) is 14.7. The van der Waals surface area contributed by atoms with Gasteiger partial charge in [-0.1, -0.05) is 23.2 Å². The Hall–Kier alpha value is -2.29. The molecule has 0 aliphatic heterocycles. The summed E-state index contributed by atoms with van der Waals surface area (Å²) in [5.41, 5.74) is 1.13. The molecule has 10 heteroatoms. The second-order valence-corrected chi connectivity index (χ2v) is 8.54. The van der Waals surface area contributed by atoms with E-state index in [1.807, 2.05) is 0 Å². The minimum Gasteiger partial charge on any atom is -0.497 e. The molecule has 7 nitrogen and oxygen atoms in total. The maximum atomic E-state index is 13.4. The molecule has 0 radical (unpaired) electrons. The summed E-state index contributed by atoms with van der Waals surface area (Å²) >= 11 is 12.1. The Bertz CT molecular complexity index is 1160. The van der Waals surface area contributed by atoms with Crippen molar-refractivity contribution in [1.82, 2.24) is 8.96 Å². The van der Waals surface area contributed by atoms with Crippen LogP contribution < -0.4 is 4.74 Å². The van der Waals surface area contributed by atoms with Crippen LogP contribution in [0.5, 0.6) is 5.75 Å². The van der Waals surface area contributed by atoms with Crippen LogP contribution in [-0.4, -0.2) is 35.6 Å². The van der Waals surface area contributed by atoms with E-state index in [0.29, 0.717) is 22.5 Å². The Balaban J connectivity index is 2.17. The Morgan fingerprint density at radius 1 is 1.21 bits per heavy atom. The SMILES string of the molecule is COc1ccc(S(=O)(=O)n2c(CCCC(=O)O)cc3nc(Cl)ccc32)c(Cl)c1. The first-order chi connectivity index (χ1) is 13.2. The highest BCUT2D eigenvalue weighted by atomic mass is 35.5. The number of aryl methyl sites for hydroxylation is 1. The molecule has 0 saturated carbocycles. The van der Waals surface area contributed by atoms with Gasteiger partial charge in [0.05, 0.1) is 23.2 Å². The molecule has 1 N–H and O–H groups in total. The fourth-order valence-electron chi connectivity index (χ4n) is 2.89. The lowest BCUT2D eigenvalue weighted by atomic mass is 10.2. The average Bonchev–Trinajstić information content (AvgIpc) is 2.98. The lowest BCUT2D eigenvalue weighted by molar-refractivity contribution is -0.137. The summed E-state index contributed by atoms with van der Waals surface area (Å²) in [6, 6.07) is 8.93. The number of fused-ring (bicyclic) bond motifs is 1. The summed E-state index contributed by atoms with van der Waals surface area (Å²) in [5.74, 6) is -0.527. The van der Waals surface area contributed by atoms with Crippen molar-refractivity contribution in [1.29, 1.82) is 0 Å². The molecule has 2 aromatic heterocycles. The molecule has 1 aromatic carbocycles. The molecule has 28 heavy (non-hydrogen) atoms. The molecule has 0 unspecified atom stereocenters. The minimum absolute atomic E-state index is 0.0135. The highest BCUT2D eigenvalue weighted by Gasteiger charge is 2.26. The number of pyridine rings is 1. The van der Waals surface area contributed by atoms with E-state index in [1.54, 1.807) is 12.1 Å². The van der Waals surface area contributed by atoms with Crippen molar-refractivity contribution in [3.05, 3.63) is 52.3 Å². The number of aliphatic carboxylic acids is 1. The molecule has 3 rings (SSSR count). The van der Waals surface area contributed by atoms with Crippen LogP contribution in [0.4, 0.5) is 0 Å². The van der Waals surface area contributed by atoms with Crippen LogP contribution in [0.2, 0.25) is 10.2 Å². The van der Waals surface area contributed by atoms with Gasteiger partial charge in [0.15, 0.2) is 0 Å². The predicted octanol–water partition coefficient (Wildman–Crippen LogP) is 4.00. The summed E-state index contributed by atoms with van der Waals surface area (Å²) in [6.07, 6.45) is 0.414. The van der Waals surface area contributed by atoms with E-state index in [0.717, 1.165) is 3.97 Å². The van der Waals surface area contributed by atoms with Crippen LogP contribution in [0.3, 0.4) is 0 Å². The number of carbonyl (C=O) groups is 1. The summed E-state index contributed by atoms with van der Waals surface area (Å²) in [5, 5.41) is 9.11. The van der Waals surface area contributed by atoms with Gasteiger partial charge in [-0.25, -0.2) is 17.4 Å². The standard InChI is InChI=1S/C18H16Cl2N2O5S/c1-27-12-5-7-16(13(19)10-12)28(25,26)22-11(3-2-4-18(23)24)9-14-15(22)6-8-17(20)21-14/h5-10H,2-4H2,1H3,(H,23,24). The highest BCUT2D eigenvalue weighted by molar-refractivity contribution is 7.90. The summed E-state index contributed by atoms with van der Waals surface area (Å²) < 4.78 is 33.0. The number of methoxy groups -OCH3 is 1. The van der Waals surface area contributed by atoms with E-state index in [4.69, 9.17) is 33.0 Å². The molecule has 0 aliphatic carbocycles. The topological polar surface area (TPSA) is 98.5 Å². The van der Waals surface area contributed by atoms with Crippen LogP contribution in [-0.2, 0) is 21.2 Å². The lowest BCUT2D eigenvalue weighted by Crippen LogP contribution is -2.16. The minimum atomic E-state index is -4.07. The summed E-state index contributed by atoms with van der Waals surface area (Å²) in [4.78, 5) is 14.9. The van der Waals surface area contributed by atoms with E-state index < -0.39 is 16.0 Å². The first-order valence-electron chi connectivity index (χ1n) is 8.22. The van der Waals surface area contributed by atoms with E-state index in [9.17, 15) is 13.2 Å². The van der Waals surface area contributed by atoms with Gasteiger partial charge in [0, 0.05) is 18.2 Å². The van der Waals surface area contributed by atoms with E-state index in [-0.39, 0.29) is 34.3 Å². The number of carboxylic acid groups (broad SMARTS) is 1. The second kappa shape index (κ2) is 7.98. The number of ether oxygens (including phenoxy) is 1. The number of benzene rings is 1. The largest absolute Gasteiger partial charge is 0.497 e. The number of aromatic nitrogens is 2. The molecule has 2 heterocycles.